The van der Waals surface area contributed by atoms with E-state index in [4.69, 9.17) is 0 Å². The van der Waals surface area contributed by atoms with Gasteiger partial charge in [-0.15, -0.1) is 0 Å². The van der Waals surface area contributed by atoms with Crippen molar-refractivity contribution in [3.05, 3.63) is 60.4 Å². The Labute approximate surface area is 129 Å². The molecule has 1 heterocycles. The minimum absolute atomic E-state index is 0.0584. The number of nitrogens with zero attached hydrogens (tertiary/aromatic N) is 1. The number of carbonyl (C=O) groups excluding carboxylic acids is 1. The van der Waals surface area contributed by atoms with Crippen molar-refractivity contribution in [1.29, 1.82) is 0 Å². The highest BCUT2D eigenvalue weighted by Gasteiger charge is 2.13. The highest BCUT2D eigenvalue weighted by Crippen LogP contribution is 2.08. The maximum absolute atomic E-state index is 12.0. The van der Waals surface area contributed by atoms with Crippen molar-refractivity contribution in [3.8, 4) is 0 Å². The van der Waals surface area contributed by atoms with Gasteiger partial charge in [-0.1, -0.05) is 18.2 Å². The van der Waals surface area contributed by atoms with E-state index in [-0.39, 0.29) is 23.2 Å². The van der Waals surface area contributed by atoms with Crippen molar-refractivity contribution in [3.63, 3.8) is 0 Å². The Bertz CT molecular complexity index is 703. The molecule has 1 aromatic carbocycles. The summed E-state index contributed by atoms with van der Waals surface area (Å²) in [5.74, 6) is -0.542. The SMILES string of the molecule is O=C(CNCS(=O)(=O)c1ccccc1)NCc1ccncc1. The summed E-state index contributed by atoms with van der Waals surface area (Å²) in [6.45, 7) is 0.325. The van der Waals surface area contributed by atoms with E-state index < -0.39 is 9.84 Å². The zero-order chi connectivity index (χ0) is 15.8. The number of pyridine rings is 1. The van der Waals surface area contributed by atoms with Gasteiger partial charge in [-0.2, -0.15) is 0 Å². The molecule has 116 valence electrons. The highest BCUT2D eigenvalue weighted by molar-refractivity contribution is 7.91. The Balaban J connectivity index is 1.75. The van der Waals surface area contributed by atoms with Crippen LogP contribution in [-0.2, 0) is 21.2 Å². The van der Waals surface area contributed by atoms with Gasteiger partial charge >= 0.3 is 0 Å². The largest absolute Gasteiger partial charge is 0.351 e. The Hall–Kier alpha value is -2.25. The summed E-state index contributed by atoms with van der Waals surface area (Å²) >= 11 is 0. The average molecular weight is 319 g/mol. The molecule has 0 spiro atoms. The van der Waals surface area contributed by atoms with Crippen molar-refractivity contribution >= 4 is 15.7 Å². The quantitative estimate of drug-likeness (QED) is 0.785. The Morgan fingerprint density at radius 2 is 1.73 bits per heavy atom. The molecule has 0 aliphatic carbocycles. The van der Waals surface area contributed by atoms with E-state index in [1.165, 1.54) is 12.1 Å². The summed E-state index contributed by atoms with van der Waals surface area (Å²) in [7, 11) is -3.42. The number of hydrogen-bond acceptors (Lipinski definition) is 5. The van der Waals surface area contributed by atoms with Gasteiger partial charge in [0.25, 0.3) is 0 Å². The standard InChI is InChI=1S/C15H17N3O3S/c19-15(18-10-13-6-8-16-9-7-13)11-17-12-22(20,21)14-4-2-1-3-5-14/h1-9,17H,10-12H2,(H,18,19). The molecule has 0 unspecified atom stereocenters. The third kappa shape index (κ3) is 4.94. The lowest BCUT2D eigenvalue weighted by molar-refractivity contribution is -0.120. The number of sulfone groups is 1. The maximum Gasteiger partial charge on any atom is 0.234 e. The number of amides is 1. The second-order valence-corrected chi connectivity index (χ2v) is 6.62. The van der Waals surface area contributed by atoms with Crippen LogP contribution in [0.3, 0.4) is 0 Å². The summed E-state index contributed by atoms with van der Waals surface area (Å²) in [5, 5.41) is 5.35. The number of aromatic nitrogens is 1. The fourth-order valence-electron chi connectivity index (χ4n) is 1.77. The van der Waals surface area contributed by atoms with Gasteiger partial charge in [0.05, 0.1) is 11.4 Å². The van der Waals surface area contributed by atoms with Crippen LogP contribution < -0.4 is 10.6 Å². The van der Waals surface area contributed by atoms with Gasteiger partial charge in [0, 0.05) is 18.9 Å². The number of carbonyl (C=O) groups is 1. The lowest BCUT2D eigenvalue weighted by atomic mass is 10.3. The third-order valence-corrected chi connectivity index (χ3v) is 4.49. The fourth-order valence-corrected chi connectivity index (χ4v) is 2.88. The topological polar surface area (TPSA) is 88.2 Å². The predicted octanol–water partition coefficient (Wildman–Crippen LogP) is 0.719. The summed E-state index contributed by atoms with van der Waals surface area (Å²) in [4.78, 5) is 15.8. The van der Waals surface area contributed by atoms with Crippen molar-refractivity contribution in [2.75, 3.05) is 12.4 Å². The molecule has 0 bridgehead atoms. The smallest absolute Gasteiger partial charge is 0.234 e. The molecule has 2 aromatic rings. The van der Waals surface area contributed by atoms with E-state index in [0.717, 1.165) is 5.56 Å². The van der Waals surface area contributed by atoms with Crippen molar-refractivity contribution in [2.24, 2.45) is 0 Å². The summed E-state index contributed by atoms with van der Waals surface area (Å²) < 4.78 is 24.0. The van der Waals surface area contributed by atoms with Crippen LogP contribution in [0.1, 0.15) is 5.56 Å². The van der Waals surface area contributed by atoms with Crippen molar-refractivity contribution in [1.82, 2.24) is 15.6 Å². The first kappa shape index (κ1) is 16.1. The highest BCUT2D eigenvalue weighted by atomic mass is 32.2. The molecule has 0 aliphatic rings. The molecule has 2 N–H and O–H groups in total. The van der Waals surface area contributed by atoms with Gasteiger partial charge in [0.1, 0.15) is 5.88 Å². The van der Waals surface area contributed by atoms with Crippen LogP contribution in [0.4, 0.5) is 0 Å². The van der Waals surface area contributed by atoms with E-state index in [9.17, 15) is 13.2 Å². The molecular weight excluding hydrogens is 302 g/mol. The number of hydrogen-bond donors (Lipinski definition) is 2. The summed E-state index contributed by atoms with van der Waals surface area (Å²) in [5.41, 5.74) is 0.931. The monoisotopic (exact) mass is 319 g/mol. The van der Waals surface area contributed by atoms with E-state index >= 15 is 0 Å². The van der Waals surface area contributed by atoms with Crippen LogP contribution in [0.2, 0.25) is 0 Å². The molecule has 0 radical (unpaired) electrons. The fraction of sp³-hybridized carbons (Fsp3) is 0.200. The zero-order valence-electron chi connectivity index (χ0n) is 11.9. The maximum atomic E-state index is 12.0. The molecule has 0 saturated heterocycles. The lowest BCUT2D eigenvalue weighted by Crippen LogP contribution is -2.35. The van der Waals surface area contributed by atoms with Crippen LogP contribution in [-0.4, -0.2) is 31.7 Å². The molecule has 0 saturated carbocycles. The first-order valence-electron chi connectivity index (χ1n) is 6.72. The lowest BCUT2D eigenvalue weighted by Gasteiger charge is -2.07. The van der Waals surface area contributed by atoms with Gasteiger partial charge in [0.15, 0.2) is 9.84 Å². The van der Waals surface area contributed by atoms with E-state index in [1.807, 2.05) is 0 Å². The van der Waals surface area contributed by atoms with Crippen LogP contribution >= 0.6 is 0 Å². The summed E-state index contributed by atoms with van der Waals surface area (Å²) in [6, 6.07) is 11.7. The Morgan fingerprint density at radius 3 is 2.41 bits per heavy atom. The van der Waals surface area contributed by atoms with Gasteiger partial charge in [0.2, 0.25) is 5.91 Å². The van der Waals surface area contributed by atoms with Crippen LogP contribution in [0.5, 0.6) is 0 Å². The van der Waals surface area contributed by atoms with Crippen molar-refractivity contribution in [2.45, 2.75) is 11.4 Å². The first-order chi connectivity index (χ1) is 10.6. The Morgan fingerprint density at radius 1 is 1.05 bits per heavy atom. The third-order valence-electron chi connectivity index (χ3n) is 2.92. The minimum atomic E-state index is -3.42. The molecule has 1 amide bonds. The van der Waals surface area contributed by atoms with Gasteiger partial charge in [-0.25, -0.2) is 8.42 Å². The zero-order valence-corrected chi connectivity index (χ0v) is 12.7. The second kappa shape index (κ2) is 7.67. The predicted molar refractivity (Wildman–Crippen MR) is 82.6 cm³/mol. The molecule has 0 aliphatic heterocycles. The van der Waals surface area contributed by atoms with Crippen LogP contribution in [0, 0.1) is 0 Å². The van der Waals surface area contributed by atoms with Gasteiger partial charge < -0.3 is 5.32 Å². The minimum Gasteiger partial charge on any atom is -0.351 e. The van der Waals surface area contributed by atoms with Crippen LogP contribution in [0.15, 0.2) is 59.8 Å². The molecule has 6 nitrogen and oxygen atoms in total. The molecule has 7 heteroatoms. The molecule has 2 rings (SSSR count). The van der Waals surface area contributed by atoms with E-state index in [2.05, 4.69) is 15.6 Å². The van der Waals surface area contributed by atoms with Gasteiger partial charge in [-0.3, -0.25) is 15.1 Å². The van der Waals surface area contributed by atoms with E-state index in [1.54, 1.807) is 42.7 Å². The second-order valence-electron chi connectivity index (χ2n) is 4.63. The van der Waals surface area contributed by atoms with Crippen LogP contribution in [0.25, 0.3) is 0 Å². The average Bonchev–Trinajstić information content (AvgIpc) is 2.54. The molecule has 1 aromatic heterocycles. The number of rotatable bonds is 7. The number of benzene rings is 1. The molecule has 0 atom stereocenters. The van der Waals surface area contributed by atoms with Gasteiger partial charge in [-0.05, 0) is 29.8 Å². The summed E-state index contributed by atoms with van der Waals surface area (Å²) in [6.07, 6.45) is 3.29. The first-order valence-corrected chi connectivity index (χ1v) is 8.37. The normalized spacial score (nSPS) is 11.1. The molecule has 22 heavy (non-hydrogen) atoms. The van der Waals surface area contributed by atoms with Crippen molar-refractivity contribution < 1.29 is 13.2 Å². The van der Waals surface area contributed by atoms with E-state index in [0.29, 0.717) is 6.54 Å². The molecule has 0 fully saturated rings. The molecular formula is C15H17N3O3S. The number of nitrogens with one attached hydrogen (secondary N) is 2. The Kier molecular flexibility index (Phi) is 5.62.